The Balaban J connectivity index is 2.46. The van der Waals surface area contributed by atoms with Crippen molar-refractivity contribution in [2.75, 3.05) is 0 Å². The van der Waals surface area contributed by atoms with Crippen molar-refractivity contribution in [3.8, 4) is 0 Å². The van der Waals surface area contributed by atoms with Gasteiger partial charge in [-0.3, -0.25) is 0 Å². The van der Waals surface area contributed by atoms with Crippen molar-refractivity contribution in [3.63, 3.8) is 0 Å². The molecule has 0 heterocycles. The molecule has 0 spiro atoms. The summed E-state index contributed by atoms with van der Waals surface area (Å²) in [6, 6.07) is 9.59. The zero-order chi connectivity index (χ0) is 15.2. The summed E-state index contributed by atoms with van der Waals surface area (Å²) in [7, 11) is 0. The first kappa shape index (κ1) is 16.1. The second-order valence-corrected chi connectivity index (χ2v) is 6.50. The fourth-order valence-electron chi connectivity index (χ4n) is 3.28. The summed E-state index contributed by atoms with van der Waals surface area (Å²) in [5.41, 5.74) is 5.93. The summed E-state index contributed by atoms with van der Waals surface area (Å²) in [5.74, 6) is 0. The van der Waals surface area contributed by atoms with Crippen molar-refractivity contribution in [1.29, 1.82) is 0 Å². The molecular formula is C21H30. The van der Waals surface area contributed by atoms with Crippen LogP contribution in [0, 0.1) is 13.8 Å². The van der Waals surface area contributed by atoms with E-state index in [4.69, 9.17) is 0 Å². The molecule has 0 bridgehead atoms. The van der Waals surface area contributed by atoms with Gasteiger partial charge in [-0.2, -0.15) is 0 Å². The van der Waals surface area contributed by atoms with Gasteiger partial charge in [-0.1, -0.05) is 68.5 Å². The highest BCUT2D eigenvalue weighted by Crippen LogP contribution is 2.28. The maximum absolute atomic E-state index is 2.40. The molecule has 0 saturated heterocycles. The van der Waals surface area contributed by atoms with Crippen LogP contribution in [0.2, 0.25) is 0 Å². The first-order valence-corrected chi connectivity index (χ1v) is 8.68. The van der Waals surface area contributed by atoms with Crippen molar-refractivity contribution in [3.05, 3.63) is 46.5 Å². The maximum Gasteiger partial charge on any atom is -0.0146 e. The lowest BCUT2D eigenvalue weighted by molar-refractivity contribution is 0.719. The first-order chi connectivity index (χ1) is 10.2. The molecule has 21 heavy (non-hydrogen) atoms. The lowest BCUT2D eigenvalue weighted by Gasteiger charge is -2.14. The largest absolute Gasteiger partial charge is 0.0654 e. The Morgan fingerprint density at radius 1 is 0.619 bits per heavy atom. The van der Waals surface area contributed by atoms with Gasteiger partial charge >= 0.3 is 0 Å². The molecule has 0 radical (unpaired) electrons. The van der Waals surface area contributed by atoms with Gasteiger partial charge < -0.3 is 0 Å². The number of unbranched alkanes of at least 4 members (excludes halogenated alkanes) is 3. The third-order valence-corrected chi connectivity index (χ3v) is 4.38. The third kappa shape index (κ3) is 4.09. The van der Waals surface area contributed by atoms with E-state index < -0.39 is 0 Å². The van der Waals surface area contributed by atoms with E-state index in [1.54, 1.807) is 11.1 Å². The fourth-order valence-corrected chi connectivity index (χ4v) is 3.28. The average molecular weight is 282 g/mol. The minimum atomic E-state index is 1.21. The molecule has 0 nitrogen and oxygen atoms in total. The lowest BCUT2D eigenvalue weighted by atomic mass is 9.91. The molecule has 0 unspecified atom stereocenters. The molecule has 0 saturated carbocycles. The summed E-state index contributed by atoms with van der Waals surface area (Å²) >= 11 is 0. The highest BCUT2D eigenvalue weighted by molar-refractivity contribution is 5.90. The fraction of sp³-hybridized carbons (Fsp3) is 0.524. The zero-order valence-electron chi connectivity index (χ0n) is 14.3. The van der Waals surface area contributed by atoms with Gasteiger partial charge in [0.15, 0.2) is 0 Å². The van der Waals surface area contributed by atoms with Gasteiger partial charge in [0.05, 0.1) is 0 Å². The van der Waals surface area contributed by atoms with Gasteiger partial charge in [0, 0.05) is 0 Å². The molecule has 114 valence electrons. The summed E-state index contributed by atoms with van der Waals surface area (Å²) in [5, 5.41) is 3.00. The quantitative estimate of drug-likeness (QED) is 0.506. The second-order valence-electron chi connectivity index (χ2n) is 6.50. The van der Waals surface area contributed by atoms with E-state index in [0.29, 0.717) is 0 Å². The summed E-state index contributed by atoms with van der Waals surface area (Å²) in [6.07, 6.45) is 8.94. The number of rotatable bonds is 7. The van der Waals surface area contributed by atoms with E-state index in [1.807, 2.05) is 0 Å². The van der Waals surface area contributed by atoms with Crippen LogP contribution in [-0.4, -0.2) is 0 Å². The Labute approximate surface area is 130 Å². The predicted molar refractivity (Wildman–Crippen MR) is 95.3 cm³/mol. The van der Waals surface area contributed by atoms with Gasteiger partial charge in [0.1, 0.15) is 0 Å². The lowest BCUT2D eigenvalue weighted by Crippen LogP contribution is -1.95. The SMILES string of the molecule is CCCCCc1cc(C)cc2c(CCCC)cc(C)cc12. The van der Waals surface area contributed by atoms with Gasteiger partial charge in [-0.15, -0.1) is 0 Å². The average Bonchev–Trinajstić information content (AvgIpc) is 2.45. The number of benzene rings is 2. The van der Waals surface area contributed by atoms with Gasteiger partial charge in [-0.05, 0) is 61.4 Å². The maximum atomic E-state index is 2.40. The highest BCUT2D eigenvalue weighted by Gasteiger charge is 2.08. The number of aryl methyl sites for hydroxylation is 4. The van der Waals surface area contributed by atoms with E-state index in [-0.39, 0.29) is 0 Å². The van der Waals surface area contributed by atoms with Crippen LogP contribution in [0.1, 0.15) is 68.2 Å². The van der Waals surface area contributed by atoms with E-state index in [1.165, 1.54) is 66.8 Å². The molecule has 2 rings (SSSR count). The molecule has 2 aromatic carbocycles. The Kier molecular flexibility index (Phi) is 5.85. The van der Waals surface area contributed by atoms with Gasteiger partial charge in [0.25, 0.3) is 0 Å². The van der Waals surface area contributed by atoms with E-state index in [9.17, 15) is 0 Å². The topological polar surface area (TPSA) is 0 Å². The molecule has 0 aliphatic heterocycles. The monoisotopic (exact) mass is 282 g/mol. The summed E-state index contributed by atoms with van der Waals surface area (Å²) in [6.45, 7) is 9.04. The minimum absolute atomic E-state index is 1.21. The van der Waals surface area contributed by atoms with Crippen LogP contribution in [0.5, 0.6) is 0 Å². The van der Waals surface area contributed by atoms with Gasteiger partial charge in [-0.25, -0.2) is 0 Å². The van der Waals surface area contributed by atoms with Gasteiger partial charge in [0.2, 0.25) is 0 Å². The molecule has 0 N–H and O–H groups in total. The second kappa shape index (κ2) is 7.64. The summed E-state index contributed by atoms with van der Waals surface area (Å²) in [4.78, 5) is 0. The summed E-state index contributed by atoms with van der Waals surface area (Å²) < 4.78 is 0. The Bertz CT molecular complexity index is 593. The molecule has 0 aliphatic rings. The number of fused-ring (bicyclic) bond motifs is 1. The van der Waals surface area contributed by atoms with Crippen molar-refractivity contribution >= 4 is 10.8 Å². The molecule has 2 aromatic rings. The number of hydrogen-bond donors (Lipinski definition) is 0. The van der Waals surface area contributed by atoms with Crippen LogP contribution in [0.4, 0.5) is 0 Å². The predicted octanol–water partition coefficient (Wildman–Crippen LogP) is 6.53. The van der Waals surface area contributed by atoms with E-state index in [0.717, 1.165) is 0 Å². The van der Waals surface area contributed by atoms with Crippen LogP contribution in [-0.2, 0) is 12.8 Å². The number of hydrogen-bond acceptors (Lipinski definition) is 0. The normalized spacial score (nSPS) is 11.2. The molecule has 0 fully saturated rings. The van der Waals surface area contributed by atoms with Crippen molar-refractivity contribution < 1.29 is 0 Å². The van der Waals surface area contributed by atoms with Crippen LogP contribution in [0.3, 0.4) is 0 Å². The van der Waals surface area contributed by atoms with Crippen molar-refractivity contribution in [2.24, 2.45) is 0 Å². The molecule has 0 atom stereocenters. The third-order valence-electron chi connectivity index (χ3n) is 4.38. The molecule has 0 amide bonds. The van der Waals surface area contributed by atoms with Crippen LogP contribution >= 0.6 is 0 Å². The molecular weight excluding hydrogens is 252 g/mol. The highest BCUT2D eigenvalue weighted by atomic mass is 14.1. The van der Waals surface area contributed by atoms with Crippen LogP contribution < -0.4 is 0 Å². The Hall–Kier alpha value is -1.30. The Morgan fingerprint density at radius 3 is 1.57 bits per heavy atom. The minimum Gasteiger partial charge on any atom is -0.0654 e. The van der Waals surface area contributed by atoms with Crippen molar-refractivity contribution in [2.45, 2.75) is 72.6 Å². The van der Waals surface area contributed by atoms with Crippen LogP contribution in [0.15, 0.2) is 24.3 Å². The smallest absolute Gasteiger partial charge is 0.0146 e. The zero-order valence-corrected chi connectivity index (χ0v) is 14.3. The molecule has 0 aromatic heterocycles. The van der Waals surface area contributed by atoms with Crippen LogP contribution in [0.25, 0.3) is 10.8 Å². The molecule has 0 aliphatic carbocycles. The van der Waals surface area contributed by atoms with Crippen molar-refractivity contribution in [1.82, 2.24) is 0 Å². The standard InChI is InChI=1S/C21H30/c1-5-7-9-11-19-13-17(4)14-20-18(10-8-6-2)12-16(3)15-21(19)20/h12-15H,5-11H2,1-4H3. The van der Waals surface area contributed by atoms with E-state index >= 15 is 0 Å². The molecule has 0 heteroatoms. The first-order valence-electron chi connectivity index (χ1n) is 8.68. The Morgan fingerprint density at radius 2 is 1.10 bits per heavy atom. The van der Waals surface area contributed by atoms with E-state index in [2.05, 4.69) is 52.0 Å².